The maximum absolute atomic E-state index is 12.9. The Morgan fingerprint density at radius 3 is 2.43 bits per heavy atom. The lowest BCUT2D eigenvalue weighted by Gasteiger charge is -2.37. The topological polar surface area (TPSA) is 81.2 Å². The molecule has 2 fully saturated rings. The van der Waals surface area contributed by atoms with Crippen LogP contribution in [0.25, 0.3) is 0 Å². The van der Waals surface area contributed by atoms with Gasteiger partial charge in [0.1, 0.15) is 6.04 Å². The first-order valence-corrected chi connectivity index (χ1v) is 8.93. The molecule has 2 atom stereocenters. The van der Waals surface area contributed by atoms with Gasteiger partial charge < -0.3 is 10.0 Å². The van der Waals surface area contributed by atoms with Gasteiger partial charge in [0.15, 0.2) is 0 Å². The lowest BCUT2D eigenvalue weighted by molar-refractivity contribution is -0.142. The van der Waals surface area contributed by atoms with Crippen LogP contribution in [0.15, 0.2) is 0 Å². The molecule has 0 amide bonds. The lowest BCUT2D eigenvalue weighted by atomic mass is 10.1. The summed E-state index contributed by atoms with van der Waals surface area (Å²) in [6.07, 6.45) is 2.66. The van der Waals surface area contributed by atoms with Crippen LogP contribution >= 0.6 is 0 Å². The molecule has 122 valence electrons. The van der Waals surface area contributed by atoms with E-state index in [0.717, 1.165) is 25.8 Å². The minimum absolute atomic E-state index is 0.140. The van der Waals surface area contributed by atoms with Gasteiger partial charge in [-0.15, -0.1) is 0 Å². The molecular weight excluding hydrogens is 294 g/mol. The molecule has 0 aromatic rings. The maximum atomic E-state index is 12.9. The molecule has 0 saturated carbocycles. The molecule has 2 unspecified atom stereocenters. The quantitative estimate of drug-likeness (QED) is 0.803. The first-order chi connectivity index (χ1) is 9.84. The average molecular weight is 319 g/mol. The molecule has 2 rings (SSSR count). The number of hydrogen-bond donors (Lipinski definition) is 1. The third kappa shape index (κ3) is 3.56. The smallest absolute Gasteiger partial charge is 0.322 e. The average Bonchev–Trinajstić information content (AvgIpc) is 2.59. The molecule has 2 aliphatic heterocycles. The molecule has 0 aromatic carbocycles. The van der Waals surface area contributed by atoms with Crippen molar-refractivity contribution in [1.82, 2.24) is 13.5 Å². The molecule has 0 radical (unpaired) electrons. The van der Waals surface area contributed by atoms with E-state index in [0.29, 0.717) is 26.1 Å². The van der Waals surface area contributed by atoms with Crippen molar-refractivity contribution in [2.45, 2.75) is 44.7 Å². The summed E-state index contributed by atoms with van der Waals surface area (Å²) in [5.41, 5.74) is 0. The van der Waals surface area contributed by atoms with Crippen LogP contribution in [0.5, 0.6) is 0 Å². The summed E-state index contributed by atoms with van der Waals surface area (Å²) in [6, 6.07) is -1.06. The van der Waals surface area contributed by atoms with Gasteiger partial charge in [-0.25, -0.2) is 0 Å². The Hall–Kier alpha value is -0.700. The molecule has 1 N–H and O–H groups in total. The summed E-state index contributed by atoms with van der Waals surface area (Å²) < 4.78 is 28.5. The van der Waals surface area contributed by atoms with E-state index in [9.17, 15) is 18.3 Å². The highest BCUT2D eigenvalue weighted by molar-refractivity contribution is 7.86. The number of rotatable bonds is 3. The van der Waals surface area contributed by atoms with Crippen LogP contribution < -0.4 is 0 Å². The molecule has 2 saturated heterocycles. The first kappa shape index (κ1) is 16.7. The van der Waals surface area contributed by atoms with Crippen LogP contribution in [-0.4, -0.2) is 78.3 Å². The van der Waals surface area contributed by atoms with Crippen molar-refractivity contribution in [1.29, 1.82) is 0 Å². The largest absolute Gasteiger partial charge is 0.480 e. The van der Waals surface area contributed by atoms with Gasteiger partial charge >= 0.3 is 5.97 Å². The fraction of sp³-hybridized carbons (Fsp3) is 0.923. The monoisotopic (exact) mass is 319 g/mol. The van der Waals surface area contributed by atoms with Gasteiger partial charge in [0, 0.05) is 25.7 Å². The summed E-state index contributed by atoms with van der Waals surface area (Å²) in [6.45, 7) is 4.18. The van der Waals surface area contributed by atoms with Crippen LogP contribution in [0.2, 0.25) is 0 Å². The highest BCUT2D eigenvalue weighted by atomic mass is 32.2. The summed E-state index contributed by atoms with van der Waals surface area (Å²) in [4.78, 5) is 13.5. The summed E-state index contributed by atoms with van der Waals surface area (Å²) >= 11 is 0. The van der Waals surface area contributed by atoms with Crippen molar-refractivity contribution in [2.75, 3.05) is 33.2 Å². The predicted octanol–water partition coefficient (Wildman–Crippen LogP) is 0.196. The zero-order chi connectivity index (χ0) is 15.6. The second-order valence-electron chi connectivity index (χ2n) is 6.04. The number of piperidine rings is 1. The molecule has 0 bridgehead atoms. The second-order valence-corrected chi connectivity index (χ2v) is 7.88. The number of nitrogens with zero attached hydrogens (tertiary/aromatic N) is 3. The molecule has 7 nitrogen and oxygen atoms in total. The fourth-order valence-corrected chi connectivity index (χ4v) is 5.28. The van der Waals surface area contributed by atoms with E-state index in [1.165, 1.54) is 8.61 Å². The molecule has 2 aliphatic rings. The third-order valence-corrected chi connectivity index (χ3v) is 6.48. The zero-order valence-corrected chi connectivity index (χ0v) is 13.5. The number of carboxylic acid groups (broad SMARTS) is 1. The molecule has 0 aliphatic carbocycles. The van der Waals surface area contributed by atoms with Crippen LogP contribution in [0.3, 0.4) is 0 Å². The van der Waals surface area contributed by atoms with E-state index in [1.807, 2.05) is 14.0 Å². The minimum Gasteiger partial charge on any atom is -0.480 e. The van der Waals surface area contributed by atoms with Crippen LogP contribution in [0, 0.1) is 0 Å². The Kier molecular flexibility index (Phi) is 5.24. The Balaban J connectivity index is 2.24. The van der Waals surface area contributed by atoms with Gasteiger partial charge in [-0.1, -0.05) is 0 Å². The van der Waals surface area contributed by atoms with E-state index in [2.05, 4.69) is 4.90 Å². The van der Waals surface area contributed by atoms with E-state index in [1.54, 1.807) is 0 Å². The van der Waals surface area contributed by atoms with Gasteiger partial charge in [-0.2, -0.15) is 17.0 Å². The third-order valence-electron chi connectivity index (χ3n) is 4.32. The fourth-order valence-electron chi connectivity index (χ4n) is 3.26. The molecule has 0 spiro atoms. The number of hydrogen-bond acceptors (Lipinski definition) is 4. The normalized spacial score (nSPS) is 31.0. The lowest BCUT2D eigenvalue weighted by Crippen LogP contribution is -2.55. The predicted molar refractivity (Wildman–Crippen MR) is 79.2 cm³/mol. The number of carbonyl (C=O) groups is 1. The van der Waals surface area contributed by atoms with Gasteiger partial charge in [-0.05, 0) is 46.2 Å². The molecule has 2 heterocycles. The van der Waals surface area contributed by atoms with Crippen molar-refractivity contribution in [3.63, 3.8) is 0 Å². The minimum atomic E-state index is -3.72. The molecule has 21 heavy (non-hydrogen) atoms. The van der Waals surface area contributed by atoms with Crippen molar-refractivity contribution in [2.24, 2.45) is 0 Å². The summed E-state index contributed by atoms with van der Waals surface area (Å²) in [5, 5.41) is 9.30. The van der Waals surface area contributed by atoms with Gasteiger partial charge in [-0.3, -0.25) is 4.79 Å². The van der Waals surface area contributed by atoms with Gasteiger partial charge in [0.05, 0.1) is 0 Å². The number of carboxylic acids is 1. The van der Waals surface area contributed by atoms with E-state index in [4.69, 9.17) is 0 Å². The molecular formula is C13H25N3O4S. The standard InChI is InChI=1S/C13H25N3O4S/c1-11-10-14(2)7-5-9-15(11)21(19,20)16-8-4-3-6-12(16)13(17)18/h11-12H,3-10H2,1-2H3,(H,17,18). The summed E-state index contributed by atoms with van der Waals surface area (Å²) in [5.74, 6) is -1.04. The zero-order valence-electron chi connectivity index (χ0n) is 12.7. The van der Waals surface area contributed by atoms with E-state index < -0.39 is 22.2 Å². The van der Waals surface area contributed by atoms with Crippen molar-refractivity contribution >= 4 is 16.2 Å². The highest BCUT2D eigenvalue weighted by Crippen LogP contribution is 2.25. The molecule has 0 aromatic heterocycles. The number of aliphatic carboxylic acids is 1. The van der Waals surface area contributed by atoms with Crippen molar-refractivity contribution in [3.8, 4) is 0 Å². The Morgan fingerprint density at radius 2 is 1.76 bits per heavy atom. The number of likely N-dealkylation sites (N-methyl/N-ethyl adjacent to an activating group) is 1. The Morgan fingerprint density at radius 1 is 1.10 bits per heavy atom. The Bertz CT molecular complexity index is 482. The maximum Gasteiger partial charge on any atom is 0.322 e. The SMILES string of the molecule is CC1CN(C)CCCN1S(=O)(=O)N1CCCCC1C(=O)O. The highest BCUT2D eigenvalue weighted by Gasteiger charge is 2.41. The first-order valence-electron chi connectivity index (χ1n) is 7.54. The van der Waals surface area contributed by atoms with Crippen LogP contribution in [-0.2, 0) is 15.0 Å². The van der Waals surface area contributed by atoms with Crippen LogP contribution in [0.4, 0.5) is 0 Å². The second kappa shape index (κ2) is 6.60. The van der Waals surface area contributed by atoms with Gasteiger partial charge in [0.2, 0.25) is 0 Å². The van der Waals surface area contributed by atoms with Gasteiger partial charge in [0.25, 0.3) is 10.2 Å². The van der Waals surface area contributed by atoms with Crippen molar-refractivity contribution in [3.05, 3.63) is 0 Å². The van der Waals surface area contributed by atoms with Crippen molar-refractivity contribution < 1.29 is 18.3 Å². The van der Waals surface area contributed by atoms with E-state index >= 15 is 0 Å². The molecule has 8 heteroatoms. The van der Waals surface area contributed by atoms with E-state index in [-0.39, 0.29) is 6.04 Å². The van der Waals surface area contributed by atoms with Crippen LogP contribution in [0.1, 0.15) is 32.6 Å². The summed E-state index contributed by atoms with van der Waals surface area (Å²) in [7, 11) is -1.74. The Labute approximate surface area is 126 Å².